The SMILES string of the molecule is CCN(CC)c1ccc(C=NNCc2cccnc2)c(O)c1. The van der Waals surface area contributed by atoms with E-state index >= 15 is 0 Å². The van der Waals surface area contributed by atoms with E-state index < -0.39 is 0 Å². The normalized spacial score (nSPS) is 10.8. The van der Waals surface area contributed by atoms with E-state index in [1.807, 2.05) is 24.3 Å². The molecular weight excluding hydrogens is 276 g/mol. The molecule has 0 spiro atoms. The number of aromatic nitrogens is 1. The second-order valence-electron chi connectivity index (χ2n) is 4.87. The number of benzene rings is 1. The number of hydrogen-bond acceptors (Lipinski definition) is 5. The van der Waals surface area contributed by atoms with Gasteiger partial charge in [-0.2, -0.15) is 5.10 Å². The van der Waals surface area contributed by atoms with Gasteiger partial charge in [0.1, 0.15) is 5.75 Å². The summed E-state index contributed by atoms with van der Waals surface area (Å²) in [6.07, 6.45) is 5.15. The number of phenolic OH excluding ortho intramolecular Hbond substituents is 1. The Kier molecular flexibility index (Phi) is 5.77. The molecule has 0 saturated heterocycles. The van der Waals surface area contributed by atoms with Gasteiger partial charge in [-0.1, -0.05) is 6.07 Å². The number of rotatable bonds is 7. The average molecular weight is 298 g/mol. The van der Waals surface area contributed by atoms with Gasteiger partial charge in [-0.15, -0.1) is 0 Å². The maximum Gasteiger partial charge on any atom is 0.126 e. The molecule has 2 rings (SSSR count). The monoisotopic (exact) mass is 298 g/mol. The number of hydrogen-bond donors (Lipinski definition) is 2. The van der Waals surface area contributed by atoms with E-state index in [0.717, 1.165) is 24.3 Å². The molecule has 1 heterocycles. The molecule has 0 aliphatic carbocycles. The van der Waals surface area contributed by atoms with E-state index in [1.165, 1.54) is 0 Å². The Balaban J connectivity index is 1.96. The van der Waals surface area contributed by atoms with Crippen LogP contribution < -0.4 is 10.3 Å². The molecule has 0 unspecified atom stereocenters. The lowest BCUT2D eigenvalue weighted by molar-refractivity contribution is 0.474. The molecular formula is C17H22N4O. The number of hydrazone groups is 1. The van der Waals surface area contributed by atoms with E-state index in [4.69, 9.17) is 0 Å². The fraction of sp³-hybridized carbons (Fsp3) is 0.294. The van der Waals surface area contributed by atoms with Gasteiger partial charge >= 0.3 is 0 Å². The molecule has 0 bridgehead atoms. The van der Waals surface area contributed by atoms with Crippen molar-refractivity contribution in [3.63, 3.8) is 0 Å². The highest BCUT2D eigenvalue weighted by atomic mass is 16.3. The van der Waals surface area contributed by atoms with Crippen LogP contribution in [0.4, 0.5) is 5.69 Å². The zero-order valence-electron chi connectivity index (χ0n) is 13.0. The Morgan fingerprint density at radius 3 is 2.73 bits per heavy atom. The first-order valence-corrected chi connectivity index (χ1v) is 7.47. The topological polar surface area (TPSA) is 60.8 Å². The minimum Gasteiger partial charge on any atom is -0.507 e. The number of nitrogens with zero attached hydrogens (tertiary/aromatic N) is 3. The molecule has 0 atom stereocenters. The molecule has 5 heteroatoms. The molecule has 2 N–H and O–H groups in total. The van der Waals surface area contributed by atoms with Crippen LogP contribution in [-0.2, 0) is 6.54 Å². The number of aromatic hydroxyl groups is 1. The van der Waals surface area contributed by atoms with Crippen LogP contribution in [0.1, 0.15) is 25.0 Å². The largest absolute Gasteiger partial charge is 0.507 e. The molecule has 1 aromatic heterocycles. The summed E-state index contributed by atoms with van der Waals surface area (Å²) in [4.78, 5) is 6.22. The van der Waals surface area contributed by atoms with Crippen LogP contribution in [0.25, 0.3) is 0 Å². The number of phenols is 1. The van der Waals surface area contributed by atoms with Gasteiger partial charge < -0.3 is 15.4 Å². The van der Waals surface area contributed by atoms with Gasteiger partial charge in [0.05, 0.1) is 12.8 Å². The fourth-order valence-electron chi connectivity index (χ4n) is 2.18. The number of anilines is 1. The maximum absolute atomic E-state index is 10.1. The second-order valence-corrected chi connectivity index (χ2v) is 4.87. The zero-order valence-corrected chi connectivity index (χ0v) is 13.0. The minimum absolute atomic E-state index is 0.233. The highest BCUT2D eigenvalue weighted by Crippen LogP contribution is 2.23. The fourth-order valence-corrected chi connectivity index (χ4v) is 2.18. The predicted molar refractivity (Wildman–Crippen MR) is 90.3 cm³/mol. The first-order valence-electron chi connectivity index (χ1n) is 7.47. The standard InChI is InChI=1S/C17H22N4O/c1-3-21(4-2)16-8-7-15(17(22)10-16)13-20-19-12-14-6-5-9-18-11-14/h5-11,13,19,22H,3-4,12H2,1-2H3. The molecule has 22 heavy (non-hydrogen) atoms. The van der Waals surface area contributed by atoms with Crippen molar-refractivity contribution in [3.05, 3.63) is 53.9 Å². The first-order chi connectivity index (χ1) is 10.7. The van der Waals surface area contributed by atoms with E-state index in [-0.39, 0.29) is 5.75 Å². The lowest BCUT2D eigenvalue weighted by Gasteiger charge is -2.21. The van der Waals surface area contributed by atoms with Gasteiger partial charge in [-0.05, 0) is 37.6 Å². The summed E-state index contributed by atoms with van der Waals surface area (Å²) in [7, 11) is 0. The van der Waals surface area contributed by atoms with Crippen molar-refractivity contribution in [1.82, 2.24) is 10.4 Å². The van der Waals surface area contributed by atoms with Crippen LogP contribution in [0.3, 0.4) is 0 Å². The minimum atomic E-state index is 0.233. The molecule has 0 saturated carbocycles. The van der Waals surface area contributed by atoms with Crippen LogP contribution in [0, 0.1) is 0 Å². The van der Waals surface area contributed by atoms with Gasteiger partial charge in [-0.25, -0.2) is 0 Å². The van der Waals surface area contributed by atoms with Crippen molar-refractivity contribution >= 4 is 11.9 Å². The quantitative estimate of drug-likeness (QED) is 0.609. The Morgan fingerprint density at radius 1 is 1.27 bits per heavy atom. The van der Waals surface area contributed by atoms with Crippen molar-refractivity contribution in [3.8, 4) is 5.75 Å². The third kappa shape index (κ3) is 4.22. The Hall–Kier alpha value is -2.56. The van der Waals surface area contributed by atoms with Crippen LogP contribution in [0.2, 0.25) is 0 Å². The van der Waals surface area contributed by atoms with Crippen molar-refractivity contribution in [2.24, 2.45) is 5.10 Å². The second kappa shape index (κ2) is 8.02. The zero-order chi connectivity index (χ0) is 15.8. The van der Waals surface area contributed by atoms with Crippen LogP contribution >= 0.6 is 0 Å². The average Bonchev–Trinajstić information content (AvgIpc) is 2.55. The highest BCUT2D eigenvalue weighted by molar-refractivity contribution is 5.84. The Bertz CT molecular complexity index is 609. The molecule has 0 aliphatic rings. The van der Waals surface area contributed by atoms with E-state index in [9.17, 15) is 5.11 Å². The Morgan fingerprint density at radius 2 is 2.09 bits per heavy atom. The van der Waals surface area contributed by atoms with Crippen LogP contribution in [0.15, 0.2) is 47.8 Å². The summed E-state index contributed by atoms with van der Waals surface area (Å²) < 4.78 is 0. The predicted octanol–water partition coefficient (Wildman–Crippen LogP) is 2.76. The smallest absolute Gasteiger partial charge is 0.126 e. The highest BCUT2D eigenvalue weighted by Gasteiger charge is 2.05. The van der Waals surface area contributed by atoms with E-state index in [1.54, 1.807) is 24.7 Å². The van der Waals surface area contributed by atoms with Crippen LogP contribution in [0.5, 0.6) is 5.75 Å². The molecule has 0 fully saturated rings. The Labute approximate surface area is 131 Å². The molecule has 0 radical (unpaired) electrons. The van der Waals surface area contributed by atoms with Gasteiger partial charge in [0.25, 0.3) is 0 Å². The number of nitrogens with one attached hydrogen (secondary N) is 1. The lowest BCUT2D eigenvalue weighted by atomic mass is 10.2. The van der Waals surface area contributed by atoms with Crippen molar-refractivity contribution in [1.29, 1.82) is 0 Å². The molecule has 116 valence electrons. The van der Waals surface area contributed by atoms with Gasteiger partial charge in [0.15, 0.2) is 0 Å². The van der Waals surface area contributed by atoms with Crippen molar-refractivity contribution in [2.45, 2.75) is 20.4 Å². The van der Waals surface area contributed by atoms with E-state index in [0.29, 0.717) is 12.1 Å². The van der Waals surface area contributed by atoms with Gasteiger partial charge in [-0.3, -0.25) is 4.98 Å². The third-order valence-corrected chi connectivity index (χ3v) is 3.44. The molecule has 5 nitrogen and oxygen atoms in total. The third-order valence-electron chi connectivity index (χ3n) is 3.44. The summed E-state index contributed by atoms with van der Waals surface area (Å²) in [5.74, 6) is 0.233. The van der Waals surface area contributed by atoms with Gasteiger partial charge in [0.2, 0.25) is 0 Å². The van der Waals surface area contributed by atoms with Gasteiger partial charge in [0, 0.05) is 42.8 Å². The van der Waals surface area contributed by atoms with Crippen molar-refractivity contribution < 1.29 is 5.11 Å². The number of pyridine rings is 1. The van der Waals surface area contributed by atoms with E-state index in [2.05, 4.69) is 34.3 Å². The molecule has 2 aromatic rings. The summed E-state index contributed by atoms with van der Waals surface area (Å²) in [5, 5.41) is 14.2. The summed E-state index contributed by atoms with van der Waals surface area (Å²) in [6.45, 7) is 6.62. The molecule has 1 aromatic carbocycles. The maximum atomic E-state index is 10.1. The summed E-state index contributed by atoms with van der Waals surface area (Å²) >= 11 is 0. The first kappa shape index (κ1) is 15.8. The summed E-state index contributed by atoms with van der Waals surface area (Å²) in [5.41, 5.74) is 5.71. The summed E-state index contributed by atoms with van der Waals surface area (Å²) in [6, 6.07) is 9.51. The molecule has 0 amide bonds. The van der Waals surface area contributed by atoms with Crippen LogP contribution in [-0.4, -0.2) is 29.4 Å². The lowest BCUT2D eigenvalue weighted by Crippen LogP contribution is -2.21. The molecule has 0 aliphatic heterocycles. The van der Waals surface area contributed by atoms with Crippen molar-refractivity contribution in [2.75, 3.05) is 18.0 Å².